The van der Waals surface area contributed by atoms with Crippen LogP contribution in [-0.4, -0.2) is 25.6 Å². The minimum absolute atomic E-state index is 0.319. The van der Waals surface area contributed by atoms with Crippen molar-refractivity contribution in [3.05, 3.63) is 59.5 Å². The standard InChI is InChI=1S/C16H15N3O2/c1-19-14(18-13-6-3-9-17-15(13)19)8-7-11-4-2-5-12(10-11)16(20)21/h2-6,9-10H,7-8H2,1H3,(H,20,21). The van der Waals surface area contributed by atoms with Crippen LogP contribution in [0.15, 0.2) is 42.6 Å². The third kappa shape index (κ3) is 2.63. The first-order valence-electron chi connectivity index (χ1n) is 6.73. The Morgan fingerprint density at radius 1 is 1.24 bits per heavy atom. The van der Waals surface area contributed by atoms with Gasteiger partial charge in [0.1, 0.15) is 11.3 Å². The van der Waals surface area contributed by atoms with Gasteiger partial charge >= 0.3 is 5.97 Å². The van der Waals surface area contributed by atoms with Gasteiger partial charge in [-0.3, -0.25) is 0 Å². The van der Waals surface area contributed by atoms with Crippen LogP contribution in [0.5, 0.6) is 0 Å². The second-order valence-electron chi connectivity index (χ2n) is 4.94. The number of rotatable bonds is 4. The van der Waals surface area contributed by atoms with E-state index in [0.29, 0.717) is 5.56 Å². The fourth-order valence-corrected chi connectivity index (χ4v) is 2.41. The lowest BCUT2D eigenvalue weighted by Gasteiger charge is -2.03. The Hall–Kier alpha value is -2.69. The molecule has 0 saturated heterocycles. The predicted octanol–water partition coefficient (Wildman–Crippen LogP) is 2.45. The number of hydrogen-bond acceptors (Lipinski definition) is 3. The topological polar surface area (TPSA) is 68.0 Å². The van der Waals surface area contributed by atoms with Gasteiger partial charge in [0.25, 0.3) is 0 Å². The van der Waals surface area contributed by atoms with Gasteiger partial charge in [-0.15, -0.1) is 0 Å². The van der Waals surface area contributed by atoms with Crippen molar-refractivity contribution in [1.29, 1.82) is 0 Å². The van der Waals surface area contributed by atoms with E-state index in [-0.39, 0.29) is 0 Å². The molecule has 1 aromatic carbocycles. The average Bonchev–Trinajstić information content (AvgIpc) is 2.82. The van der Waals surface area contributed by atoms with Crippen molar-refractivity contribution in [2.24, 2.45) is 7.05 Å². The lowest BCUT2D eigenvalue weighted by atomic mass is 10.1. The maximum Gasteiger partial charge on any atom is 0.335 e. The zero-order valence-electron chi connectivity index (χ0n) is 11.7. The van der Waals surface area contributed by atoms with Gasteiger partial charge in [-0.2, -0.15) is 0 Å². The van der Waals surface area contributed by atoms with Gasteiger partial charge in [0.15, 0.2) is 5.65 Å². The van der Waals surface area contributed by atoms with Gasteiger partial charge in [0.2, 0.25) is 0 Å². The summed E-state index contributed by atoms with van der Waals surface area (Å²) in [5.74, 6) is 0.0493. The van der Waals surface area contributed by atoms with Crippen molar-refractivity contribution in [3.8, 4) is 0 Å². The van der Waals surface area contributed by atoms with Gasteiger partial charge in [-0.25, -0.2) is 14.8 Å². The zero-order chi connectivity index (χ0) is 14.8. The molecule has 0 radical (unpaired) electrons. The number of hydrogen-bond donors (Lipinski definition) is 1. The van der Waals surface area contributed by atoms with Crippen molar-refractivity contribution in [1.82, 2.24) is 14.5 Å². The molecule has 0 aliphatic heterocycles. The highest BCUT2D eigenvalue weighted by atomic mass is 16.4. The Morgan fingerprint density at radius 2 is 2.10 bits per heavy atom. The third-order valence-electron chi connectivity index (χ3n) is 3.53. The first-order chi connectivity index (χ1) is 10.1. The maximum absolute atomic E-state index is 11.0. The summed E-state index contributed by atoms with van der Waals surface area (Å²) in [6.07, 6.45) is 3.25. The highest BCUT2D eigenvalue weighted by Crippen LogP contribution is 2.14. The summed E-state index contributed by atoms with van der Waals surface area (Å²) in [6, 6.07) is 10.8. The minimum atomic E-state index is -0.899. The smallest absolute Gasteiger partial charge is 0.335 e. The molecule has 5 heteroatoms. The molecule has 3 rings (SSSR count). The molecule has 106 valence electrons. The van der Waals surface area contributed by atoms with E-state index in [9.17, 15) is 4.79 Å². The van der Waals surface area contributed by atoms with E-state index in [1.807, 2.05) is 29.8 Å². The number of aryl methyl sites for hydroxylation is 3. The molecular formula is C16H15N3O2. The van der Waals surface area contributed by atoms with E-state index in [1.54, 1.807) is 24.4 Å². The predicted molar refractivity (Wildman–Crippen MR) is 79.3 cm³/mol. The SMILES string of the molecule is Cn1c(CCc2cccc(C(=O)O)c2)nc2cccnc21. The molecule has 0 bridgehead atoms. The average molecular weight is 281 g/mol. The second kappa shape index (κ2) is 5.36. The summed E-state index contributed by atoms with van der Waals surface area (Å²) in [7, 11) is 1.95. The summed E-state index contributed by atoms with van der Waals surface area (Å²) < 4.78 is 1.98. The molecule has 21 heavy (non-hydrogen) atoms. The monoisotopic (exact) mass is 281 g/mol. The summed E-state index contributed by atoms with van der Waals surface area (Å²) in [4.78, 5) is 19.9. The lowest BCUT2D eigenvalue weighted by Crippen LogP contribution is -2.02. The fraction of sp³-hybridized carbons (Fsp3) is 0.188. The molecule has 0 aliphatic carbocycles. The van der Waals surface area contributed by atoms with Crippen LogP contribution >= 0.6 is 0 Å². The van der Waals surface area contributed by atoms with Crippen molar-refractivity contribution < 1.29 is 9.90 Å². The van der Waals surface area contributed by atoms with Crippen LogP contribution in [0.25, 0.3) is 11.2 Å². The molecule has 0 aliphatic rings. The van der Waals surface area contributed by atoms with Gasteiger partial charge in [0.05, 0.1) is 5.56 Å². The van der Waals surface area contributed by atoms with E-state index in [4.69, 9.17) is 5.11 Å². The third-order valence-corrected chi connectivity index (χ3v) is 3.53. The lowest BCUT2D eigenvalue weighted by molar-refractivity contribution is 0.0697. The Balaban J connectivity index is 1.82. The molecule has 0 atom stereocenters. The van der Waals surface area contributed by atoms with Crippen LogP contribution in [0.3, 0.4) is 0 Å². The van der Waals surface area contributed by atoms with E-state index >= 15 is 0 Å². The molecule has 0 fully saturated rings. The number of imidazole rings is 1. The molecule has 0 saturated carbocycles. The molecule has 3 aromatic rings. The van der Waals surface area contributed by atoms with Crippen LogP contribution in [0.4, 0.5) is 0 Å². The van der Waals surface area contributed by atoms with E-state index < -0.39 is 5.97 Å². The number of fused-ring (bicyclic) bond motifs is 1. The first kappa shape index (κ1) is 13.3. The quantitative estimate of drug-likeness (QED) is 0.797. The molecule has 2 aromatic heterocycles. The first-order valence-corrected chi connectivity index (χ1v) is 6.73. The highest BCUT2D eigenvalue weighted by molar-refractivity contribution is 5.87. The Kier molecular flexibility index (Phi) is 3.39. The van der Waals surface area contributed by atoms with Crippen LogP contribution < -0.4 is 0 Å². The maximum atomic E-state index is 11.0. The normalized spacial score (nSPS) is 10.9. The van der Waals surface area contributed by atoms with Crippen LogP contribution in [-0.2, 0) is 19.9 Å². The second-order valence-corrected chi connectivity index (χ2v) is 4.94. The van der Waals surface area contributed by atoms with E-state index in [2.05, 4.69) is 9.97 Å². The van der Waals surface area contributed by atoms with E-state index in [1.165, 1.54) is 0 Å². The fourth-order valence-electron chi connectivity index (χ4n) is 2.41. The Bertz CT molecular complexity index is 808. The molecule has 5 nitrogen and oxygen atoms in total. The molecule has 0 unspecified atom stereocenters. The molecule has 1 N–H and O–H groups in total. The summed E-state index contributed by atoms with van der Waals surface area (Å²) >= 11 is 0. The molecule has 0 amide bonds. The van der Waals surface area contributed by atoms with Crippen LogP contribution in [0.2, 0.25) is 0 Å². The van der Waals surface area contributed by atoms with Crippen molar-refractivity contribution in [2.45, 2.75) is 12.8 Å². The van der Waals surface area contributed by atoms with Crippen molar-refractivity contribution in [3.63, 3.8) is 0 Å². The number of carboxylic acid groups (broad SMARTS) is 1. The number of carboxylic acids is 1. The number of aromatic carboxylic acids is 1. The van der Waals surface area contributed by atoms with Crippen molar-refractivity contribution in [2.75, 3.05) is 0 Å². The number of benzene rings is 1. The minimum Gasteiger partial charge on any atom is -0.478 e. The number of carbonyl (C=O) groups is 1. The van der Waals surface area contributed by atoms with Crippen LogP contribution in [0.1, 0.15) is 21.7 Å². The highest BCUT2D eigenvalue weighted by Gasteiger charge is 2.09. The number of nitrogens with zero attached hydrogens (tertiary/aromatic N) is 3. The van der Waals surface area contributed by atoms with Crippen molar-refractivity contribution >= 4 is 17.1 Å². The van der Waals surface area contributed by atoms with E-state index in [0.717, 1.165) is 35.4 Å². The molecule has 2 heterocycles. The molecular weight excluding hydrogens is 266 g/mol. The number of aromatic nitrogens is 3. The summed E-state index contributed by atoms with van der Waals surface area (Å²) in [6.45, 7) is 0. The Labute approximate surface area is 121 Å². The largest absolute Gasteiger partial charge is 0.478 e. The Morgan fingerprint density at radius 3 is 2.86 bits per heavy atom. The van der Waals surface area contributed by atoms with Gasteiger partial charge in [0, 0.05) is 19.7 Å². The zero-order valence-corrected chi connectivity index (χ0v) is 11.7. The van der Waals surface area contributed by atoms with Gasteiger partial charge in [-0.05, 0) is 36.2 Å². The molecule has 0 spiro atoms. The van der Waals surface area contributed by atoms with Crippen LogP contribution in [0, 0.1) is 0 Å². The summed E-state index contributed by atoms with van der Waals surface area (Å²) in [5.41, 5.74) is 3.06. The van der Waals surface area contributed by atoms with Gasteiger partial charge < -0.3 is 9.67 Å². The number of pyridine rings is 1. The summed E-state index contributed by atoms with van der Waals surface area (Å²) in [5, 5.41) is 9.01. The van der Waals surface area contributed by atoms with Gasteiger partial charge in [-0.1, -0.05) is 12.1 Å².